The van der Waals surface area contributed by atoms with E-state index in [9.17, 15) is 0 Å². The van der Waals surface area contributed by atoms with Crippen molar-refractivity contribution in [2.24, 2.45) is 0 Å². The minimum atomic E-state index is -0.775. The van der Waals surface area contributed by atoms with Gasteiger partial charge >= 0.3 is 0 Å². The lowest BCUT2D eigenvalue weighted by Gasteiger charge is -2.40. The van der Waals surface area contributed by atoms with Crippen LogP contribution in [0.5, 0.6) is 0 Å². The van der Waals surface area contributed by atoms with Crippen LogP contribution in [0.15, 0.2) is 0 Å². The van der Waals surface area contributed by atoms with E-state index in [1.54, 1.807) is 0 Å². The molecule has 1 nitrogen and oxygen atoms in total. The summed E-state index contributed by atoms with van der Waals surface area (Å²) >= 11 is 0. The molecule has 0 N–H and O–H groups in total. The Morgan fingerprint density at radius 1 is 0.812 bits per heavy atom. The van der Waals surface area contributed by atoms with Crippen molar-refractivity contribution in [3.63, 3.8) is 0 Å². The van der Waals surface area contributed by atoms with Crippen LogP contribution in [0.25, 0.3) is 0 Å². The molecular formula is C14H29OSi. The van der Waals surface area contributed by atoms with Crippen molar-refractivity contribution in [3.8, 4) is 0 Å². The molecule has 1 aliphatic carbocycles. The number of hydrogen-bond donors (Lipinski definition) is 0. The van der Waals surface area contributed by atoms with E-state index in [1.165, 1.54) is 32.1 Å². The van der Waals surface area contributed by atoms with Gasteiger partial charge in [0.15, 0.2) is 0 Å². The summed E-state index contributed by atoms with van der Waals surface area (Å²) in [5, 5.41) is 0.667. The first-order valence-electron chi connectivity index (χ1n) is 6.76. The fourth-order valence-corrected chi connectivity index (χ4v) is 6.35. The zero-order valence-electron chi connectivity index (χ0n) is 12.0. The standard InChI is InChI=1S/C14H29OSi/c1-13(2,3)16(14(4,5)6)15-12-10-8-7-9-11-12/h12H,7-11H2,1-6H3. The van der Waals surface area contributed by atoms with Gasteiger partial charge in [-0.2, -0.15) is 0 Å². The molecule has 0 aromatic heterocycles. The molecule has 0 spiro atoms. The van der Waals surface area contributed by atoms with Crippen LogP contribution >= 0.6 is 0 Å². The molecular weight excluding hydrogens is 212 g/mol. The van der Waals surface area contributed by atoms with Crippen LogP contribution in [0.1, 0.15) is 73.6 Å². The van der Waals surface area contributed by atoms with E-state index in [0.717, 1.165) is 0 Å². The molecule has 1 rings (SSSR count). The normalized spacial score (nSPS) is 20.4. The van der Waals surface area contributed by atoms with Gasteiger partial charge in [-0.05, 0) is 22.9 Å². The molecule has 2 heteroatoms. The summed E-state index contributed by atoms with van der Waals surface area (Å²) in [5.74, 6) is 0. The van der Waals surface area contributed by atoms with E-state index in [0.29, 0.717) is 16.2 Å². The fraction of sp³-hybridized carbons (Fsp3) is 1.00. The molecule has 0 atom stereocenters. The summed E-state index contributed by atoms with van der Waals surface area (Å²) in [4.78, 5) is 0. The summed E-state index contributed by atoms with van der Waals surface area (Å²) in [6.07, 6.45) is 7.29. The maximum atomic E-state index is 6.52. The van der Waals surface area contributed by atoms with Gasteiger partial charge in [0, 0.05) is 6.10 Å². The van der Waals surface area contributed by atoms with Gasteiger partial charge in [-0.1, -0.05) is 60.8 Å². The topological polar surface area (TPSA) is 9.23 Å². The second-order valence-electron chi connectivity index (χ2n) is 7.21. The number of hydrogen-bond acceptors (Lipinski definition) is 1. The minimum Gasteiger partial charge on any atom is -0.413 e. The highest BCUT2D eigenvalue weighted by atomic mass is 28.3. The Morgan fingerprint density at radius 3 is 1.62 bits per heavy atom. The highest BCUT2D eigenvalue weighted by Gasteiger charge is 2.40. The van der Waals surface area contributed by atoms with Crippen molar-refractivity contribution < 1.29 is 4.43 Å². The van der Waals surface area contributed by atoms with Gasteiger partial charge in [0.05, 0.1) is 0 Å². The van der Waals surface area contributed by atoms with Crippen LogP contribution in [-0.2, 0) is 4.43 Å². The van der Waals surface area contributed by atoms with Crippen molar-refractivity contribution in [1.82, 2.24) is 0 Å². The third kappa shape index (κ3) is 4.21. The Hall–Kier alpha value is 0.177. The van der Waals surface area contributed by atoms with E-state index in [2.05, 4.69) is 41.5 Å². The Morgan fingerprint density at radius 2 is 1.25 bits per heavy atom. The average molecular weight is 241 g/mol. The molecule has 0 aromatic rings. The molecule has 0 bridgehead atoms. The van der Waals surface area contributed by atoms with Gasteiger partial charge in [0.25, 0.3) is 0 Å². The lowest BCUT2D eigenvalue weighted by atomic mass is 9.98. The van der Waals surface area contributed by atoms with Crippen LogP contribution in [0.4, 0.5) is 0 Å². The van der Waals surface area contributed by atoms with Crippen molar-refractivity contribution in [1.29, 1.82) is 0 Å². The Labute approximate surface area is 104 Å². The van der Waals surface area contributed by atoms with Gasteiger partial charge in [-0.3, -0.25) is 0 Å². The molecule has 95 valence electrons. The smallest absolute Gasteiger partial charge is 0.223 e. The SMILES string of the molecule is CC(C)(C)[Si](OC1CCCCC1)C(C)(C)C. The highest BCUT2D eigenvalue weighted by Crippen LogP contribution is 2.43. The Bertz CT molecular complexity index is 192. The van der Waals surface area contributed by atoms with Crippen molar-refractivity contribution in [2.75, 3.05) is 0 Å². The zero-order chi connectivity index (χ0) is 12.4. The molecule has 1 radical (unpaired) electrons. The van der Waals surface area contributed by atoms with Crippen LogP contribution in [-0.4, -0.2) is 15.1 Å². The second kappa shape index (κ2) is 5.22. The molecule has 1 fully saturated rings. The van der Waals surface area contributed by atoms with Crippen LogP contribution in [0, 0.1) is 0 Å². The maximum Gasteiger partial charge on any atom is 0.223 e. The van der Waals surface area contributed by atoms with E-state index in [4.69, 9.17) is 4.43 Å². The van der Waals surface area contributed by atoms with E-state index >= 15 is 0 Å². The molecule has 0 unspecified atom stereocenters. The monoisotopic (exact) mass is 241 g/mol. The largest absolute Gasteiger partial charge is 0.413 e. The first-order chi connectivity index (χ1) is 7.21. The third-order valence-electron chi connectivity index (χ3n) is 3.20. The van der Waals surface area contributed by atoms with Crippen LogP contribution < -0.4 is 0 Å². The van der Waals surface area contributed by atoms with Crippen molar-refractivity contribution in [2.45, 2.75) is 89.8 Å². The van der Waals surface area contributed by atoms with Crippen LogP contribution in [0.3, 0.4) is 0 Å². The van der Waals surface area contributed by atoms with Gasteiger partial charge in [-0.25, -0.2) is 0 Å². The lowest BCUT2D eigenvalue weighted by Crippen LogP contribution is -2.41. The molecule has 1 saturated carbocycles. The van der Waals surface area contributed by atoms with Gasteiger partial charge in [-0.15, -0.1) is 0 Å². The minimum absolute atomic E-state index is 0.334. The fourth-order valence-electron chi connectivity index (χ4n) is 2.83. The quantitative estimate of drug-likeness (QED) is 0.623. The molecule has 0 heterocycles. The number of rotatable bonds is 2. The molecule has 0 saturated heterocycles. The Balaban J connectivity index is 2.63. The zero-order valence-corrected chi connectivity index (χ0v) is 13.0. The predicted octanol–water partition coefficient (Wildman–Crippen LogP) is 4.93. The van der Waals surface area contributed by atoms with E-state index in [-0.39, 0.29) is 0 Å². The maximum absolute atomic E-state index is 6.52. The second-order valence-corrected chi connectivity index (χ2v) is 11.1. The summed E-state index contributed by atoms with van der Waals surface area (Å²) in [7, 11) is -0.775. The first-order valence-corrected chi connectivity index (χ1v) is 8.16. The Kier molecular flexibility index (Phi) is 4.64. The highest BCUT2D eigenvalue weighted by molar-refractivity contribution is 6.58. The summed E-state index contributed by atoms with van der Waals surface area (Å²) in [6, 6.07) is 0. The molecule has 1 aliphatic rings. The molecule has 16 heavy (non-hydrogen) atoms. The summed E-state index contributed by atoms with van der Waals surface area (Å²) < 4.78 is 6.52. The molecule has 0 aliphatic heterocycles. The van der Waals surface area contributed by atoms with Crippen molar-refractivity contribution >= 4 is 9.04 Å². The van der Waals surface area contributed by atoms with Crippen LogP contribution in [0.2, 0.25) is 10.1 Å². The predicted molar refractivity (Wildman–Crippen MR) is 73.1 cm³/mol. The summed E-state index contributed by atoms with van der Waals surface area (Å²) in [5.41, 5.74) is 0. The first kappa shape index (κ1) is 14.2. The van der Waals surface area contributed by atoms with E-state index < -0.39 is 9.04 Å². The summed E-state index contributed by atoms with van der Waals surface area (Å²) in [6.45, 7) is 14.1. The third-order valence-corrected chi connectivity index (χ3v) is 6.49. The van der Waals surface area contributed by atoms with Gasteiger partial charge in [0.2, 0.25) is 9.04 Å². The lowest BCUT2D eigenvalue weighted by molar-refractivity contribution is 0.138. The molecule has 0 aromatic carbocycles. The van der Waals surface area contributed by atoms with Crippen molar-refractivity contribution in [3.05, 3.63) is 0 Å². The molecule has 0 amide bonds. The van der Waals surface area contributed by atoms with E-state index in [1.807, 2.05) is 0 Å². The van der Waals surface area contributed by atoms with Gasteiger partial charge < -0.3 is 4.43 Å². The average Bonchev–Trinajstić information content (AvgIpc) is 2.12. The van der Waals surface area contributed by atoms with Gasteiger partial charge in [0.1, 0.15) is 0 Å².